The van der Waals surface area contributed by atoms with Crippen molar-refractivity contribution in [1.82, 2.24) is 0 Å². The summed E-state index contributed by atoms with van der Waals surface area (Å²) in [5, 5.41) is 21.4. The molecule has 5 unspecified atom stereocenters. The van der Waals surface area contributed by atoms with Crippen LogP contribution >= 0.6 is 0 Å². The van der Waals surface area contributed by atoms with Crippen LogP contribution in [0, 0.1) is 28.6 Å². The molecule has 9 atom stereocenters. The van der Waals surface area contributed by atoms with Crippen LogP contribution in [0.3, 0.4) is 0 Å². The molecule has 4 fully saturated rings. The van der Waals surface area contributed by atoms with Gasteiger partial charge in [0.25, 0.3) is 0 Å². The minimum atomic E-state index is -1.91. The van der Waals surface area contributed by atoms with E-state index in [9.17, 15) is 19.8 Å². The van der Waals surface area contributed by atoms with Gasteiger partial charge < -0.3 is 19.7 Å². The Balaban J connectivity index is 1.65. The summed E-state index contributed by atoms with van der Waals surface area (Å²) in [6.07, 6.45) is 1.30. The smallest absolute Gasteiger partial charge is 0.193 e. The van der Waals surface area contributed by atoms with Crippen molar-refractivity contribution in [2.45, 2.75) is 96.0 Å². The van der Waals surface area contributed by atoms with Crippen LogP contribution in [0.25, 0.3) is 0 Å². The van der Waals surface area contributed by atoms with Crippen molar-refractivity contribution < 1.29 is 33.7 Å². The zero-order valence-electron chi connectivity index (χ0n) is 19.6. The molecule has 0 aromatic heterocycles. The van der Waals surface area contributed by atoms with E-state index >= 15 is 4.39 Å². The predicted octanol–water partition coefficient (Wildman–Crippen LogP) is 2.89. The van der Waals surface area contributed by atoms with Gasteiger partial charge in [0.1, 0.15) is 12.3 Å². The Morgan fingerprint density at radius 3 is 2.56 bits per heavy atom. The molecule has 0 radical (unpaired) electrons. The largest absolute Gasteiger partial charge is 0.390 e. The minimum absolute atomic E-state index is 0.00381. The molecule has 5 rings (SSSR count). The zero-order valence-corrected chi connectivity index (χ0v) is 19.6. The van der Waals surface area contributed by atoms with Crippen molar-refractivity contribution in [3.8, 4) is 0 Å². The highest BCUT2D eigenvalue weighted by Crippen LogP contribution is 2.73. The van der Waals surface area contributed by atoms with Crippen LogP contribution in [-0.4, -0.2) is 57.7 Å². The standard InChI is InChI=1S/C25H35FO6/c1-13-8-17-16-10-20-25(19(30)12-27,32-21(2,3)31-20)23(16,5)11-18(29)24(17,26)22(4)7-6-14(28)9-15(13)22/h9,13,16-18,20,27,29H,6-8,10-12H2,1-5H3/t13-,16?,17?,18?,20+,22?,23?,24-,25+/m0/s1. The number of rotatable bonds is 2. The monoisotopic (exact) mass is 450 g/mol. The number of hydrogen-bond acceptors (Lipinski definition) is 6. The molecule has 178 valence electrons. The quantitative estimate of drug-likeness (QED) is 0.672. The second-order valence-corrected chi connectivity index (χ2v) is 11.8. The molecule has 2 N–H and O–H groups in total. The van der Waals surface area contributed by atoms with Crippen molar-refractivity contribution >= 4 is 11.6 Å². The number of alkyl halides is 1. The molecular weight excluding hydrogens is 415 g/mol. The molecule has 5 aliphatic rings. The molecular formula is C25H35FO6. The van der Waals surface area contributed by atoms with Gasteiger partial charge in [0.15, 0.2) is 23.0 Å². The Morgan fingerprint density at radius 1 is 1.22 bits per heavy atom. The zero-order chi connectivity index (χ0) is 23.5. The molecule has 4 aliphatic carbocycles. The van der Waals surface area contributed by atoms with Gasteiger partial charge in [-0.1, -0.05) is 26.3 Å². The molecule has 0 bridgehead atoms. The summed E-state index contributed by atoms with van der Waals surface area (Å²) in [5.41, 5.74) is -4.33. The predicted molar refractivity (Wildman–Crippen MR) is 113 cm³/mol. The molecule has 3 saturated carbocycles. The first-order chi connectivity index (χ1) is 14.8. The van der Waals surface area contributed by atoms with Crippen LogP contribution in [0.15, 0.2) is 11.6 Å². The summed E-state index contributed by atoms with van der Waals surface area (Å²) in [7, 11) is 0. The van der Waals surface area contributed by atoms with E-state index in [4.69, 9.17) is 9.47 Å². The summed E-state index contributed by atoms with van der Waals surface area (Å²) in [6, 6.07) is 0. The molecule has 0 aromatic carbocycles. The van der Waals surface area contributed by atoms with E-state index < -0.39 is 58.4 Å². The van der Waals surface area contributed by atoms with Gasteiger partial charge in [-0.3, -0.25) is 9.59 Å². The van der Waals surface area contributed by atoms with Gasteiger partial charge in [-0.05, 0) is 57.4 Å². The molecule has 0 spiro atoms. The van der Waals surface area contributed by atoms with E-state index in [1.807, 2.05) is 20.8 Å². The van der Waals surface area contributed by atoms with Gasteiger partial charge in [-0.15, -0.1) is 0 Å². The van der Waals surface area contributed by atoms with E-state index in [0.29, 0.717) is 19.3 Å². The van der Waals surface area contributed by atoms with Crippen LogP contribution in [-0.2, 0) is 19.1 Å². The lowest BCUT2D eigenvalue weighted by atomic mass is 9.42. The second kappa shape index (κ2) is 6.49. The summed E-state index contributed by atoms with van der Waals surface area (Å²) in [5.74, 6) is -2.22. The molecule has 7 heteroatoms. The first kappa shape index (κ1) is 22.6. The van der Waals surface area contributed by atoms with Crippen molar-refractivity contribution in [1.29, 1.82) is 0 Å². The van der Waals surface area contributed by atoms with E-state index in [-0.39, 0.29) is 30.5 Å². The molecule has 32 heavy (non-hydrogen) atoms. The normalized spacial score (nSPS) is 53.7. The second-order valence-electron chi connectivity index (χ2n) is 11.8. The number of fused-ring (bicyclic) bond motifs is 7. The average Bonchev–Trinajstić information content (AvgIpc) is 3.11. The van der Waals surface area contributed by atoms with Crippen LogP contribution in [0.4, 0.5) is 4.39 Å². The molecule has 1 aliphatic heterocycles. The SMILES string of the molecule is C[C@H]1CC2C3C[C@H]4OC(C)(C)O[C@@]4(C(=O)CO)C3(C)CC(O)[C@]2(F)C2(C)CCC(=O)C=C12. The number of ketones is 2. The lowest BCUT2D eigenvalue weighted by molar-refractivity contribution is -0.254. The van der Waals surface area contributed by atoms with Gasteiger partial charge in [-0.25, -0.2) is 4.39 Å². The fourth-order valence-corrected chi connectivity index (χ4v) is 8.68. The van der Waals surface area contributed by atoms with E-state index in [1.165, 1.54) is 0 Å². The van der Waals surface area contributed by atoms with E-state index in [0.717, 1.165) is 5.57 Å². The third kappa shape index (κ3) is 2.39. The van der Waals surface area contributed by atoms with Crippen molar-refractivity contribution in [3.63, 3.8) is 0 Å². The Bertz CT molecular complexity index is 914. The Kier molecular flexibility index (Phi) is 4.59. The van der Waals surface area contributed by atoms with Crippen LogP contribution < -0.4 is 0 Å². The number of ether oxygens (including phenoxy) is 2. The molecule has 0 amide bonds. The fourth-order valence-electron chi connectivity index (χ4n) is 8.68. The summed E-state index contributed by atoms with van der Waals surface area (Å²) < 4.78 is 29.8. The maximum absolute atomic E-state index is 17.4. The first-order valence-corrected chi connectivity index (χ1v) is 11.9. The maximum atomic E-state index is 17.4. The number of halogens is 1. The number of hydrogen-bond donors (Lipinski definition) is 2. The Hall–Kier alpha value is -1.15. The number of carbonyl (C=O) groups excluding carboxylic acids is 2. The molecule has 6 nitrogen and oxygen atoms in total. The minimum Gasteiger partial charge on any atom is -0.390 e. The number of aliphatic hydroxyl groups excluding tert-OH is 2. The van der Waals surface area contributed by atoms with Crippen molar-refractivity contribution in [2.75, 3.05) is 6.61 Å². The van der Waals surface area contributed by atoms with Gasteiger partial charge in [-0.2, -0.15) is 0 Å². The Labute approximate surface area is 188 Å². The van der Waals surface area contributed by atoms with Crippen LogP contribution in [0.1, 0.15) is 66.7 Å². The topological polar surface area (TPSA) is 93.1 Å². The lowest BCUT2D eigenvalue weighted by Gasteiger charge is -2.64. The fraction of sp³-hybridized carbons (Fsp3) is 0.840. The third-order valence-electron chi connectivity index (χ3n) is 9.92. The van der Waals surface area contributed by atoms with E-state index in [2.05, 4.69) is 0 Å². The number of carbonyl (C=O) groups is 2. The number of aliphatic hydroxyl groups is 2. The van der Waals surface area contributed by atoms with Crippen molar-refractivity contribution in [2.24, 2.45) is 28.6 Å². The van der Waals surface area contributed by atoms with Gasteiger partial charge >= 0.3 is 0 Å². The first-order valence-electron chi connectivity index (χ1n) is 11.9. The van der Waals surface area contributed by atoms with Gasteiger partial charge in [0.2, 0.25) is 0 Å². The molecule has 1 saturated heterocycles. The lowest BCUT2D eigenvalue weighted by Crippen LogP contribution is -2.71. The number of Topliss-reactive ketones (excluding diaryl/α,β-unsaturated/α-hetero) is 1. The Morgan fingerprint density at radius 2 is 1.91 bits per heavy atom. The highest BCUT2D eigenvalue weighted by Gasteiger charge is 2.80. The van der Waals surface area contributed by atoms with Crippen LogP contribution in [0.5, 0.6) is 0 Å². The summed E-state index contributed by atoms with van der Waals surface area (Å²) in [6.45, 7) is 8.59. The average molecular weight is 451 g/mol. The number of allylic oxidation sites excluding steroid dienone is 1. The molecule has 1 heterocycles. The van der Waals surface area contributed by atoms with E-state index in [1.54, 1.807) is 19.9 Å². The highest BCUT2D eigenvalue weighted by molar-refractivity contribution is 5.92. The van der Waals surface area contributed by atoms with Gasteiger partial charge in [0, 0.05) is 23.2 Å². The third-order valence-corrected chi connectivity index (χ3v) is 9.92. The van der Waals surface area contributed by atoms with Gasteiger partial charge in [0.05, 0.1) is 12.2 Å². The highest BCUT2D eigenvalue weighted by atomic mass is 19.1. The van der Waals surface area contributed by atoms with Crippen LogP contribution in [0.2, 0.25) is 0 Å². The summed E-state index contributed by atoms with van der Waals surface area (Å²) in [4.78, 5) is 25.4. The maximum Gasteiger partial charge on any atom is 0.193 e. The molecule has 0 aromatic rings. The van der Waals surface area contributed by atoms with Crippen molar-refractivity contribution in [3.05, 3.63) is 11.6 Å². The summed E-state index contributed by atoms with van der Waals surface area (Å²) >= 11 is 0.